The highest BCUT2D eigenvalue weighted by atomic mass is 32.2. The lowest BCUT2D eigenvalue weighted by Crippen LogP contribution is -2.32. The number of sulfone groups is 1. The van der Waals surface area contributed by atoms with Gasteiger partial charge in [-0.15, -0.1) is 11.8 Å². The molecule has 2 amide bonds. The summed E-state index contributed by atoms with van der Waals surface area (Å²) in [5, 5.41) is 5.28. The van der Waals surface area contributed by atoms with Crippen LogP contribution in [0.3, 0.4) is 0 Å². The molecular formula is C20H22N2O4S2. The Hall–Kier alpha value is -2.32. The minimum Gasteiger partial charge on any atom is -0.352 e. The van der Waals surface area contributed by atoms with Crippen molar-refractivity contribution in [3.8, 4) is 0 Å². The summed E-state index contributed by atoms with van der Waals surface area (Å²) in [5.74, 6) is -1.47. The fraction of sp³-hybridized carbons (Fsp3) is 0.300. The zero-order valence-electron chi connectivity index (χ0n) is 15.6. The van der Waals surface area contributed by atoms with Crippen molar-refractivity contribution < 1.29 is 18.0 Å². The average Bonchev–Trinajstić information content (AvgIpc) is 2.67. The fourth-order valence-corrected chi connectivity index (χ4v) is 5.35. The lowest BCUT2D eigenvalue weighted by atomic mass is 10.2. The number of fused-ring (bicyclic) bond motifs is 1. The van der Waals surface area contributed by atoms with Gasteiger partial charge in [-0.05, 0) is 30.7 Å². The molecule has 2 atom stereocenters. The molecule has 0 radical (unpaired) electrons. The topological polar surface area (TPSA) is 92.3 Å². The smallest absolute Gasteiger partial charge is 0.237 e. The molecular weight excluding hydrogens is 396 g/mol. The van der Waals surface area contributed by atoms with Crippen LogP contribution in [0.5, 0.6) is 0 Å². The summed E-state index contributed by atoms with van der Waals surface area (Å²) in [4.78, 5) is 25.1. The van der Waals surface area contributed by atoms with Crippen LogP contribution >= 0.6 is 11.8 Å². The number of thioether (sulfide) groups is 1. The summed E-state index contributed by atoms with van der Waals surface area (Å²) < 4.78 is 25.5. The van der Waals surface area contributed by atoms with Crippen LogP contribution in [0.1, 0.15) is 19.4 Å². The Labute approximate surface area is 169 Å². The van der Waals surface area contributed by atoms with Crippen molar-refractivity contribution in [1.29, 1.82) is 0 Å². The Morgan fingerprint density at radius 3 is 2.64 bits per heavy atom. The van der Waals surface area contributed by atoms with Gasteiger partial charge in [0.1, 0.15) is 0 Å². The molecule has 2 aromatic carbocycles. The number of rotatable bonds is 6. The van der Waals surface area contributed by atoms with Crippen molar-refractivity contribution in [3.05, 3.63) is 54.1 Å². The second-order valence-corrected chi connectivity index (χ2v) is 10.2. The van der Waals surface area contributed by atoms with Crippen molar-refractivity contribution in [2.45, 2.75) is 35.4 Å². The van der Waals surface area contributed by atoms with E-state index in [4.69, 9.17) is 0 Å². The van der Waals surface area contributed by atoms with Crippen LogP contribution in [0.25, 0.3) is 0 Å². The molecule has 0 bridgehead atoms. The van der Waals surface area contributed by atoms with E-state index in [1.54, 1.807) is 19.9 Å². The maximum Gasteiger partial charge on any atom is 0.237 e. The first-order chi connectivity index (χ1) is 13.3. The summed E-state index contributed by atoms with van der Waals surface area (Å²) in [5.41, 5.74) is 1.44. The summed E-state index contributed by atoms with van der Waals surface area (Å²) in [6.45, 7) is 3.74. The van der Waals surface area contributed by atoms with Crippen LogP contribution in [0.4, 0.5) is 5.69 Å². The molecule has 8 heteroatoms. The highest BCUT2D eigenvalue weighted by Crippen LogP contribution is 2.37. The minimum absolute atomic E-state index is 0.101. The molecule has 3 rings (SSSR count). The third-order valence-electron chi connectivity index (χ3n) is 4.47. The fourth-order valence-electron chi connectivity index (χ4n) is 2.84. The summed E-state index contributed by atoms with van der Waals surface area (Å²) >= 11 is 1.39. The maximum absolute atomic E-state index is 12.8. The number of hydrogen-bond donors (Lipinski definition) is 2. The molecule has 1 aliphatic rings. The van der Waals surface area contributed by atoms with Gasteiger partial charge >= 0.3 is 0 Å². The predicted octanol–water partition coefficient (Wildman–Crippen LogP) is 2.85. The van der Waals surface area contributed by atoms with Gasteiger partial charge in [0.05, 0.1) is 21.6 Å². The van der Waals surface area contributed by atoms with Gasteiger partial charge in [-0.3, -0.25) is 9.59 Å². The lowest BCUT2D eigenvalue weighted by molar-refractivity contribution is -0.124. The standard InChI is InChI=1S/C20H22N2O4S2/c1-13(19(23)21-11-15-6-4-3-5-7-15)12-28(25,26)16-8-9-18-17(10-16)22-20(24)14(2)27-18/h3-10,13-14H,11-12H2,1-2H3,(H,21,23)(H,22,24)/t13-,14-/m0/s1. The highest BCUT2D eigenvalue weighted by Gasteiger charge is 2.27. The molecule has 0 spiro atoms. The van der Waals surface area contributed by atoms with E-state index >= 15 is 0 Å². The minimum atomic E-state index is -3.67. The number of carbonyl (C=O) groups is 2. The van der Waals surface area contributed by atoms with Crippen LogP contribution in [-0.4, -0.2) is 31.2 Å². The number of hydrogen-bond acceptors (Lipinski definition) is 5. The van der Waals surface area contributed by atoms with Gasteiger partial charge in [0.2, 0.25) is 11.8 Å². The molecule has 0 aromatic heterocycles. The van der Waals surface area contributed by atoms with Crippen molar-refractivity contribution in [2.75, 3.05) is 11.1 Å². The number of carbonyl (C=O) groups excluding carboxylic acids is 2. The van der Waals surface area contributed by atoms with Crippen LogP contribution in [-0.2, 0) is 26.0 Å². The van der Waals surface area contributed by atoms with E-state index in [2.05, 4.69) is 10.6 Å². The highest BCUT2D eigenvalue weighted by molar-refractivity contribution is 8.01. The normalized spacial score (nSPS) is 17.4. The summed E-state index contributed by atoms with van der Waals surface area (Å²) in [6, 6.07) is 14.1. The molecule has 0 saturated carbocycles. The molecule has 2 aromatic rings. The molecule has 6 nitrogen and oxygen atoms in total. The van der Waals surface area contributed by atoms with E-state index in [1.165, 1.54) is 23.9 Å². The average molecular weight is 419 g/mol. The first-order valence-electron chi connectivity index (χ1n) is 8.92. The third kappa shape index (κ3) is 4.74. The molecule has 148 valence electrons. The van der Waals surface area contributed by atoms with Crippen LogP contribution < -0.4 is 10.6 Å². The van der Waals surface area contributed by atoms with Crippen molar-refractivity contribution >= 4 is 39.1 Å². The monoisotopic (exact) mass is 418 g/mol. The van der Waals surface area contributed by atoms with Gasteiger partial charge in [0.15, 0.2) is 9.84 Å². The quantitative estimate of drug-likeness (QED) is 0.753. The van der Waals surface area contributed by atoms with E-state index in [-0.39, 0.29) is 27.7 Å². The summed E-state index contributed by atoms with van der Waals surface area (Å²) in [6.07, 6.45) is 0. The van der Waals surface area contributed by atoms with Crippen molar-refractivity contribution in [3.63, 3.8) is 0 Å². The van der Waals surface area contributed by atoms with E-state index in [1.807, 2.05) is 30.3 Å². The zero-order chi connectivity index (χ0) is 20.3. The Kier molecular flexibility index (Phi) is 6.10. The zero-order valence-corrected chi connectivity index (χ0v) is 17.3. The molecule has 0 aliphatic carbocycles. The first kappa shape index (κ1) is 20.4. The number of anilines is 1. The Morgan fingerprint density at radius 1 is 1.21 bits per heavy atom. The summed E-state index contributed by atoms with van der Waals surface area (Å²) in [7, 11) is -3.67. The lowest BCUT2D eigenvalue weighted by Gasteiger charge is -2.22. The van der Waals surface area contributed by atoms with Gasteiger partial charge in [-0.25, -0.2) is 8.42 Å². The Bertz CT molecular complexity index is 991. The number of nitrogens with one attached hydrogen (secondary N) is 2. The first-order valence-corrected chi connectivity index (χ1v) is 11.5. The Morgan fingerprint density at radius 2 is 1.93 bits per heavy atom. The van der Waals surface area contributed by atoms with Gasteiger partial charge in [0, 0.05) is 17.4 Å². The Balaban J connectivity index is 1.67. The predicted molar refractivity (Wildman–Crippen MR) is 110 cm³/mol. The molecule has 28 heavy (non-hydrogen) atoms. The third-order valence-corrected chi connectivity index (χ3v) is 7.56. The van der Waals surface area contributed by atoms with Crippen LogP contribution in [0.15, 0.2) is 58.3 Å². The largest absolute Gasteiger partial charge is 0.352 e. The van der Waals surface area contributed by atoms with E-state index < -0.39 is 15.8 Å². The molecule has 0 saturated heterocycles. The van der Waals surface area contributed by atoms with Gasteiger partial charge in [-0.1, -0.05) is 37.3 Å². The van der Waals surface area contributed by atoms with Gasteiger partial charge in [0.25, 0.3) is 0 Å². The van der Waals surface area contributed by atoms with E-state index in [0.717, 1.165) is 10.5 Å². The molecule has 2 N–H and O–H groups in total. The number of amides is 2. The molecule has 1 aliphatic heterocycles. The molecule has 1 heterocycles. The van der Waals surface area contributed by atoms with Crippen LogP contribution in [0.2, 0.25) is 0 Å². The van der Waals surface area contributed by atoms with Crippen LogP contribution in [0, 0.1) is 5.92 Å². The number of benzene rings is 2. The van der Waals surface area contributed by atoms with Gasteiger partial charge in [-0.2, -0.15) is 0 Å². The molecule has 0 fully saturated rings. The van der Waals surface area contributed by atoms with Crippen molar-refractivity contribution in [2.24, 2.45) is 5.92 Å². The molecule has 0 unspecified atom stereocenters. The van der Waals surface area contributed by atoms with Gasteiger partial charge < -0.3 is 10.6 Å². The second-order valence-electron chi connectivity index (χ2n) is 6.79. The maximum atomic E-state index is 12.8. The second kappa shape index (κ2) is 8.36. The van der Waals surface area contributed by atoms with Crippen molar-refractivity contribution in [1.82, 2.24) is 5.32 Å². The van der Waals surface area contributed by atoms with E-state index in [9.17, 15) is 18.0 Å². The SMILES string of the molecule is C[C@@H]1Sc2ccc(S(=O)(=O)C[C@H](C)C(=O)NCc3ccccc3)cc2NC1=O. The van der Waals surface area contributed by atoms with E-state index in [0.29, 0.717) is 12.2 Å².